The van der Waals surface area contributed by atoms with Gasteiger partial charge in [-0.15, -0.1) is 0 Å². The van der Waals surface area contributed by atoms with Crippen LogP contribution in [-0.2, 0) is 6.42 Å². The Morgan fingerprint density at radius 2 is 1.75 bits per heavy atom. The van der Waals surface area contributed by atoms with E-state index >= 15 is 0 Å². The maximum Gasteiger partial charge on any atom is 0.355 e. The van der Waals surface area contributed by atoms with Gasteiger partial charge in [-0.3, -0.25) is 35.9 Å². The van der Waals surface area contributed by atoms with Gasteiger partial charge in [-0.25, -0.2) is 9.97 Å². The molecule has 1 aliphatic rings. The highest BCUT2D eigenvalue weighted by Gasteiger charge is 2.30. The summed E-state index contributed by atoms with van der Waals surface area (Å²) in [6.07, 6.45) is 2.79. The predicted molar refractivity (Wildman–Crippen MR) is 115 cm³/mol. The molecule has 1 amide bonds. The Morgan fingerprint density at radius 3 is 2.53 bits per heavy atom. The van der Waals surface area contributed by atoms with Gasteiger partial charge in [0.25, 0.3) is 11.6 Å². The van der Waals surface area contributed by atoms with Gasteiger partial charge >= 0.3 is 5.69 Å². The Kier molecular flexibility index (Phi) is 5.57. The summed E-state index contributed by atoms with van der Waals surface area (Å²) >= 11 is 0. The van der Waals surface area contributed by atoms with Crippen LogP contribution in [0.2, 0.25) is 0 Å². The zero-order valence-corrected chi connectivity index (χ0v) is 16.6. The lowest BCUT2D eigenvalue weighted by atomic mass is 10.0. The summed E-state index contributed by atoms with van der Waals surface area (Å²) in [4.78, 5) is 44.0. The Bertz CT molecular complexity index is 1220. The molecule has 0 saturated carbocycles. The third kappa shape index (κ3) is 3.88. The van der Waals surface area contributed by atoms with Gasteiger partial charge in [0.05, 0.1) is 9.85 Å². The fourth-order valence-electron chi connectivity index (χ4n) is 3.59. The Morgan fingerprint density at radius 1 is 1.00 bits per heavy atom. The van der Waals surface area contributed by atoms with E-state index in [0.29, 0.717) is 6.54 Å². The van der Waals surface area contributed by atoms with E-state index in [0.717, 1.165) is 30.4 Å². The van der Waals surface area contributed by atoms with Gasteiger partial charge in [-0.1, -0.05) is 30.3 Å². The molecule has 162 valence electrons. The highest BCUT2D eigenvalue weighted by Crippen LogP contribution is 2.39. The van der Waals surface area contributed by atoms with Crippen molar-refractivity contribution in [3.63, 3.8) is 0 Å². The molecule has 0 unspecified atom stereocenters. The molecule has 1 aliphatic heterocycles. The standard InChI is InChI=1S/C20H17N7O5/c28-20(14-8-2-4-10-16(14)26(29)30)24-23-18-17(27(31)32)19(22-12-21-18)25-11-5-7-13-6-1-3-9-15(13)25/h1-4,6,8-10,12H,5,7,11H2,(H,24,28)(H,21,22,23). The summed E-state index contributed by atoms with van der Waals surface area (Å²) in [5, 5.41) is 23.1. The summed E-state index contributed by atoms with van der Waals surface area (Å²) in [5.74, 6) is -0.996. The molecular weight excluding hydrogens is 418 g/mol. The van der Waals surface area contributed by atoms with Crippen LogP contribution < -0.4 is 15.8 Å². The number of nitrogens with zero attached hydrogens (tertiary/aromatic N) is 5. The Labute approximate surface area is 181 Å². The smallest absolute Gasteiger partial charge is 0.320 e. The largest absolute Gasteiger partial charge is 0.355 e. The maximum absolute atomic E-state index is 12.5. The number of nitro groups is 2. The summed E-state index contributed by atoms with van der Waals surface area (Å²) in [6, 6.07) is 12.9. The van der Waals surface area contributed by atoms with E-state index in [-0.39, 0.29) is 17.2 Å². The lowest BCUT2D eigenvalue weighted by molar-refractivity contribution is -0.385. The number of amides is 1. The van der Waals surface area contributed by atoms with Gasteiger partial charge in [0.1, 0.15) is 11.9 Å². The number of aromatic nitrogens is 2. The van der Waals surface area contributed by atoms with E-state index in [1.165, 1.54) is 24.3 Å². The SMILES string of the molecule is O=C(NNc1ncnc(N2CCCc3ccccc32)c1[N+](=O)[O-])c1ccccc1[N+](=O)[O-]. The molecule has 0 fully saturated rings. The zero-order valence-electron chi connectivity index (χ0n) is 16.6. The van der Waals surface area contributed by atoms with Crippen molar-refractivity contribution in [3.05, 3.63) is 86.2 Å². The van der Waals surface area contributed by atoms with Crippen molar-refractivity contribution >= 4 is 34.6 Å². The van der Waals surface area contributed by atoms with Crippen molar-refractivity contribution in [2.45, 2.75) is 12.8 Å². The van der Waals surface area contributed by atoms with Crippen LogP contribution in [0, 0.1) is 20.2 Å². The van der Waals surface area contributed by atoms with Crippen LogP contribution in [0.3, 0.4) is 0 Å². The van der Waals surface area contributed by atoms with Crippen LogP contribution in [0.15, 0.2) is 54.9 Å². The first-order valence-electron chi connectivity index (χ1n) is 9.62. The monoisotopic (exact) mass is 435 g/mol. The summed E-state index contributed by atoms with van der Waals surface area (Å²) < 4.78 is 0. The molecular formula is C20H17N7O5. The summed E-state index contributed by atoms with van der Waals surface area (Å²) in [6.45, 7) is 0.525. The number of carbonyl (C=O) groups excluding carboxylic acids is 1. The lowest BCUT2D eigenvalue weighted by Gasteiger charge is -2.30. The third-order valence-electron chi connectivity index (χ3n) is 4.99. The van der Waals surface area contributed by atoms with Crippen molar-refractivity contribution in [3.8, 4) is 0 Å². The van der Waals surface area contributed by atoms with Gasteiger partial charge in [-0.05, 0) is 30.5 Å². The maximum atomic E-state index is 12.5. The second-order valence-electron chi connectivity index (χ2n) is 6.89. The van der Waals surface area contributed by atoms with Crippen molar-refractivity contribution in [1.29, 1.82) is 0 Å². The number of rotatable bonds is 6. The summed E-state index contributed by atoms with van der Waals surface area (Å²) in [7, 11) is 0. The molecule has 0 radical (unpaired) electrons. The number of para-hydroxylation sites is 2. The van der Waals surface area contributed by atoms with Crippen LogP contribution >= 0.6 is 0 Å². The molecule has 0 saturated heterocycles. The number of anilines is 3. The van der Waals surface area contributed by atoms with Crippen LogP contribution in [-0.4, -0.2) is 32.3 Å². The molecule has 1 aromatic heterocycles. The number of nitrogens with one attached hydrogen (secondary N) is 2. The molecule has 0 aliphatic carbocycles. The predicted octanol–water partition coefficient (Wildman–Crippen LogP) is 3.13. The van der Waals surface area contributed by atoms with Gasteiger partial charge in [0, 0.05) is 18.3 Å². The first-order chi connectivity index (χ1) is 15.5. The number of fused-ring (bicyclic) bond motifs is 1. The molecule has 3 aromatic rings. The van der Waals surface area contributed by atoms with Crippen LogP contribution in [0.1, 0.15) is 22.3 Å². The highest BCUT2D eigenvalue weighted by molar-refractivity contribution is 5.98. The van der Waals surface area contributed by atoms with E-state index < -0.39 is 27.1 Å². The number of carbonyl (C=O) groups is 1. The number of hydrogen-bond donors (Lipinski definition) is 2. The molecule has 12 heteroatoms. The molecule has 0 spiro atoms. The average molecular weight is 435 g/mol. The molecule has 2 aromatic carbocycles. The van der Waals surface area contributed by atoms with E-state index in [2.05, 4.69) is 20.8 Å². The molecule has 12 nitrogen and oxygen atoms in total. The third-order valence-corrected chi connectivity index (χ3v) is 4.99. The summed E-state index contributed by atoms with van der Waals surface area (Å²) in [5.41, 5.74) is 5.51. The lowest BCUT2D eigenvalue weighted by Crippen LogP contribution is -2.31. The second kappa shape index (κ2) is 8.63. The van der Waals surface area contributed by atoms with Gasteiger partial charge in [0.15, 0.2) is 0 Å². The van der Waals surface area contributed by atoms with Crippen LogP contribution in [0.4, 0.5) is 28.7 Å². The van der Waals surface area contributed by atoms with Gasteiger partial charge in [0.2, 0.25) is 11.6 Å². The second-order valence-corrected chi connectivity index (χ2v) is 6.89. The molecule has 0 atom stereocenters. The molecule has 4 rings (SSSR count). The Hall–Kier alpha value is -4.61. The molecule has 0 bridgehead atoms. The quantitative estimate of drug-likeness (QED) is 0.438. The number of hydrogen-bond acceptors (Lipinski definition) is 9. The number of benzene rings is 2. The topological polar surface area (TPSA) is 156 Å². The van der Waals surface area contributed by atoms with Gasteiger partial charge in [-0.2, -0.15) is 0 Å². The highest BCUT2D eigenvalue weighted by atomic mass is 16.6. The number of nitro benzene ring substituents is 1. The molecule has 2 heterocycles. The number of hydrazine groups is 1. The minimum absolute atomic E-state index is 0.0830. The number of aryl methyl sites for hydroxylation is 1. The Balaban J connectivity index is 1.65. The zero-order chi connectivity index (χ0) is 22.7. The minimum Gasteiger partial charge on any atom is -0.320 e. The molecule has 32 heavy (non-hydrogen) atoms. The van der Waals surface area contributed by atoms with Gasteiger partial charge < -0.3 is 4.90 Å². The van der Waals surface area contributed by atoms with E-state index in [4.69, 9.17) is 0 Å². The van der Waals surface area contributed by atoms with Crippen LogP contribution in [0.5, 0.6) is 0 Å². The van der Waals surface area contributed by atoms with E-state index in [1.807, 2.05) is 24.3 Å². The van der Waals surface area contributed by atoms with Crippen molar-refractivity contribution in [2.24, 2.45) is 0 Å². The first kappa shape index (κ1) is 20.7. The molecule has 2 N–H and O–H groups in total. The van der Waals surface area contributed by atoms with Crippen LogP contribution in [0.25, 0.3) is 0 Å². The van der Waals surface area contributed by atoms with Crippen molar-refractivity contribution in [2.75, 3.05) is 16.9 Å². The normalized spacial score (nSPS) is 12.6. The average Bonchev–Trinajstić information content (AvgIpc) is 2.81. The van der Waals surface area contributed by atoms with E-state index in [9.17, 15) is 25.0 Å². The van der Waals surface area contributed by atoms with E-state index in [1.54, 1.807) is 4.90 Å². The fraction of sp³-hybridized carbons (Fsp3) is 0.150. The van der Waals surface area contributed by atoms with Crippen molar-refractivity contribution in [1.82, 2.24) is 15.4 Å². The minimum atomic E-state index is -0.838. The first-order valence-corrected chi connectivity index (χ1v) is 9.62. The van der Waals surface area contributed by atoms with Crippen molar-refractivity contribution < 1.29 is 14.6 Å². The fourth-order valence-corrected chi connectivity index (χ4v) is 3.59.